The molecule has 6 nitrogen and oxygen atoms in total. The van der Waals surface area contributed by atoms with Crippen molar-refractivity contribution in [3.8, 4) is 0 Å². The number of nitrogens with one attached hydrogen (secondary N) is 2. The molecule has 0 fully saturated rings. The van der Waals surface area contributed by atoms with E-state index in [9.17, 15) is 9.59 Å². The minimum Gasteiger partial charge on any atom is -0.358 e. The van der Waals surface area contributed by atoms with Crippen LogP contribution in [0.3, 0.4) is 0 Å². The Hall–Kier alpha value is -2.71. The van der Waals surface area contributed by atoms with Crippen LogP contribution in [0.15, 0.2) is 41.3 Å². The van der Waals surface area contributed by atoms with Crippen molar-refractivity contribution in [1.29, 1.82) is 0 Å². The van der Waals surface area contributed by atoms with Crippen molar-refractivity contribution in [1.82, 2.24) is 14.8 Å². The number of H-pyrrole nitrogens is 1. The number of hydrogen-bond donors (Lipinski definition) is 2. The highest BCUT2D eigenvalue weighted by atomic mass is 35.5. The molecule has 2 heterocycles. The highest BCUT2D eigenvalue weighted by molar-refractivity contribution is 7.98. The number of amides is 2. The molecule has 0 bridgehead atoms. The van der Waals surface area contributed by atoms with Gasteiger partial charge < -0.3 is 20.1 Å². The smallest absolute Gasteiger partial charge is 0.256 e. The number of anilines is 1. The zero-order chi connectivity index (χ0) is 29.5. The Bertz CT molecular complexity index is 1410. The number of carbonyl (C=O) groups is 2. The van der Waals surface area contributed by atoms with Crippen LogP contribution in [-0.2, 0) is 17.0 Å². The van der Waals surface area contributed by atoms with Crippen LogP contribution in [0.5, 0.6) is 0 Å². The molecular formula is C32H38Cl2N4O2S. The predicted octanol–water partition coefficient (Wildman–Crippen LogP) is 7.78. The number of nitrogens with zero attached hydrogens (tertiary/aromatic N) is 2. The van der Waals surface area contributed by atoms with Gasteiger partial charge in [-0.05, 0) is 92.9 Å². The number of thioether (sulfide) groups is 1. The molecule has 2 aromatic carbocycles. The van der Waals surface area contributed by atoms with Crippen molar-refractivity contribution < 1.29 is 9.59 Å². The van der Waals surface area contributed by atoms with Crippen LogP contribution in [0.2, 0.25) is 10.0 Å². The van der Waals surface area contributed by atoms with E-state index in [-0.39, 0.29) is 5.91 Å². The fourth-order valence-electron chi connectivity index (χ4n) is 5.27. The lowest BCUT2D eigenvalue weighted by atomic mass is 10.0. The number of likely N-dealkylation sites (N-methyl/N-ethyl adjacent to an activating group) is 1. The molecule has 0 aliphatic carbocycles. The standard InChI is InChI=1S/C32H38Cl2N4O2S/c1-5-37(6-2)15-16-38-14-8-11-29-31(32(38)40)22(4)30(36-29)17-21(3)24-18-23(12-13-28(24)35-20-39)41-19-25-26(33)9-7-10-27(25)34/h7,9-10,12-13,17-18,20,36H,5-6,8,11,14-16,19H2,1-4H3,(H,35,39)/b21-17+. The molecular weight excluding hydrogens is 575 g/mol. The molecule has 2 N–H and O–H groups in total. The van der Waals surface area contributed by atoms with Gasteiger partial charge in [0.15, 0.2) is 0 Å². The highest BCUT2D eigenvalue weighted by Crippen LogP contribution is 2.35. The third kappa shape index (κ3) is 7.39. The first kappa shape index (κ1) is 31.2. The van der Waals surface area contributed by atoms with Gasteiger partial charge in [-0.1, -0.05) is 43.1 Å². The number of carbonyl (C=O) groups excluding carboxylic acids is 2. The van der Waals surface area contributed by atoms with Gasteiger partial charge in [0.2, 0.25) is 6.41 Å². The maximum absolute atomic E-state index is 13.6. The summed E-state index contributed by atoms with van der Waals surface area (Å²) in [6.45, 7) is 12.7. The summed E-state index contributed by atoms with van der Waals surface area (Å²) in [6, 6.07) is 11.5. The Morgan fingerprint density at radius 3 is 2.59 bits per heavy atom. The van der Waals surface area contributed by atoms with Crippen LogP contribution >= 0.6 is 35.0 Å². The van der Waals surface area contributed by atoms with E-state index in [2.05, 4.69) is 41.2 Å². The van der Waals surface area contributed by atoms with Gasteiger partial charge in [-0.25, -0.2) is 0 Å². The Labute approximate surface area is 257 Å². The van der Waals surface area contributed by atoms with Crippen LogP contribution in [-0.4, -0.2) is 59.8 Å². The van der Waals surface area contributed by atoms with Crippen LogP contribution in [0.25, 0.3) is 11.6 Å². The minimum atomic E-state index is 0.107. The minimum absolute atomic E-state index is 0.107. The van der Waals surface area contributed by atoms with Crippen molar-refractivity contribution in [2.24, 2.45) is 0 Å². The summed E-state index contributed by atoms with van der Waals surface area (Å²) < 4.78 is 0. The predicted molar refractivity (Wildman–Crippen MR) is 173 cm³/mol. The summed E-state index contributed by atoms with van der Waals surface area (Å²) in [5.74, 6) is 0.729. The first-order chi connectivity index (χ1) is 19.8. The Morgan fingerprint density at radius 2 is 1.90 bits per heavy atom. The maximum atomic E-state index is 13.6. The van der Waals surface area contributed by atoms with Crippen molar-refractivity contribution in [3.63, 3.8) is 0 Å². The van der Waals surface area contributed by atoms with Gasteiger partial charge in [0.25, 0.3) is 5.91 Å². The molecule has 1 aliphatic heterocycles. The maximum Gasteiger partial charge on any atom is 0.256 e. The molecule has 9 heteroatoms. The average Bonchev–Trinajstić information content (AvgIpc) is 3.17. The van der Waals surface area contributed by atoms with Crippen LogP contribution in [0.1, 0.15) is 65.6 Å². The number of benzene rings is 2. The molecule has 0 radical (unpaired) electrons. The van der Waals surface area contributed by atoms with E-state index in [1.54, 1.807) is 11.8 Å². The zero-order valence-electron chi connectivity index (χ0n) is 24.2. The second-order valence-corrected chi connectivity index (χ2v) is 12.1. The van der Waals surface area contributed by atoms with Gasteiger partial charge >= 0.3 is 0 Å². The Balaban J connectivity index is 1.60. The lowest BCUT2D eigenvalue weighted by Crippen LogP contribution is -2.38. The molecule has 0 atom stereocenters. The fourth-order valence-corrected chi connectivity index (χ4v) is 6.95. The molecule has 0 unspecified atom stereocenters. The van der Waals surface area contributed by atoms with E-state index >= 15 is 0 Å². The molecule has 0 saturated carbocycles. The van der Waals surface area contributed by atoms with Crippen LogP contribution < -0.4 is 5.32 Å². The summed E-state index contributed by atoms with van der Waals surface area (Å²) in [7, 11) is 0. The van der Waals surface area contributed by atoms with Crippen molar-refractivity contribution in [2.75, 3.05) is 38.0 Å². The quantitative estimate of drug-likeness (QED) is 0.162. The highest BCUT2D eigenvalue weighted by Gasteiger charge is 2.27. The number of aryl methyl sites for hydroxylation is 1. The normalized spacial score (nSPS) is 13.9. The van der Waals surface area contributed by atoms with Gasteiger partial charge in [0.05, 0.1) is 5.56 Å². The van der Waals surface area contributed by atoms with Gasteiger partial charge in [-0.2, -0.15) is 0 Å². The Kier molecular flexibility index (Phi) is 11.0. The molecule has 1 aliphatic rings. The summed E-state index contributed by atoms with van der Waals surface area (Å²) in [6.07, 6.45) is 4.53. The SMILES string of the molecule is CCN(CC)CCN1CCCc2[nH]c(/C=C(\C)c3cc(SCc4c(Cl)cccc4Cl)ccc3NC=O)c(C)c2C1=O. The van der Waals surface area contributed by atoms with Gasteiger partial charge in [-0.3, -0.25) is 9.59 Å². The molecule has 1 aromatic heterocycles. The first-order valence-corrected chi connectivity index (χ1v) is 15.8. The number of allylic oxidation sites excluding steroid dienone is 1. The second-order valence-electron chi connectivity index (χ2n) is 10.2. The average molecular weight is 614 g/mol. The molecule has 3 aromatic rings. The first-order valence-electron chi connectivity index (χ1n) is 14.1. The lowest BCUT2D eigenvalue weighted by Gasteiger charge is -2.25. The summed E-state index contributed by atoms with van der Waals surface area (Å²) in [5.41, 5.74) is 7.17. The second kappa shape index (κ2) is 14.5. The number of aromatic nitrogens is 1. The summed E-state index contributed by atoms with van der Waals surface area (Å²) in [4.78, 5) is 33.9. The molecule has 218 valence electrons. The molecule has 0 spiro atoms. The molecule has 4 rings (SSSR count). The molecule has 2 amide bonds. The number of halogens is 2. The Morgan fingerprint density at radius 1 is 1.17 bits per heavy atom. The largest absolute Gasteiger partial charge is 0.358 e. The topological polar surface area (TPSA) is 68.4 Å². The van der Waals surface area contributed by atoms with Crippen molar-refractivity contribution in [3.05, 3.63) is 80.1 Å². The summed E-state index contributed by atoms with van der Waals surface area (Å²) >= 11 is 14.4. The monoisotopic (exact) mass is 612 g/mol. The van der Waals surface area contributed by atoms with E-state index < -0.39 is 0 Å². The van der Waals surface area contributed by atoms with Gasteiger partial charge in [-0.15, -0.1) is 11.8 Å². The van der Waals surface area contributed by atoms with E-state index in [1.807, 2.05) is 49.1 Å². The number of rotatable bonds is 12. The van der Waals surface area contributed by atoms with E-state index in [0.29, 0.717) is 22.2 Å². The van der Waals surface area contributed by atoms with Crippen molar-refractivity contribution >= 4 is 64.6 Å². The zero-order valence-corrected chi connectivity index (χ0v) is 26.5. The van der Waals surface area contributed by atoms with Crippen LogP contribution in [0, 0.1) is 6.92 Å². The third-order valence-corrected chi connectivity index (χ3v) is 9.47. The fraction of sp³-hybridized carbons (Fsp3) is 0.375. The van der Waals surface area contributed by atoms with Gasteiger partial charge in [0, 0.05) is 63.0 Å². The van der Waals surface area contributed by atoms with Crippen molar-refractivity contribution in [2.45, 2.75) is 51.2 Å². The van der Waals surface area contributed by atoms with Crippen LogP contribution in [0.4, 0.5) is 5.69 Å². The van der Waals surface area contributed by atoms with Gasteiger partial charge in [0.1, 0.15) is 0 Å². The number of aromatic amines is 1. The van der Waals surface area contributed by atoms with E-state index in [1.165, 1.54) is 0 Å². The van der Waals surface area contributed by atoms with E-state index in [4.69, 9.17) is 23.2 Å². The summed E-state index contributed by atoms with van der Waals surface area (Å²) in [5, 5.41) is 4.12. The third-order valence-electron chi connectivity index (χ3n) is 7.74. The lowest BCUT2D eigenvalue weighted by molar-refractivity contribution is -0.105. The molecule has 0 saturated heterocycles. The number of fused-ring (bicyclic) bond motifs is 1. The number of hydrogen-bond acceptors (Lipinski definition) is 4. The van der Waals surface area contributed by atoms with E-state index in [0.717, 1.165) is 95.4 Å². The molecule has 41 heavy (non-hydrogen) atoms.